The van der Waals surface area contributed by atoms with E-state index < -0.39 is 42.3 Å². The molecule has 3 aliphatic rings. The Kier molecular flexibility index (Phi) is 7.50. The molecule has 2 amide bonds. The van der Waals surface area contributed by atoms with Crippen molar-refractivity contribution >= 4 is 29.5 Å². The van der Waals surface area contributed by atoms with Gasteiger partial charge >= 0.3 is 12.3 Å². The van der Waals surface area contributed by atoms with Gasteiger partial charge in [-0.15, -0.1) is 24.9 Å². The number of carbonyl (C=O) groups excluding carboxylic acids is 2. The van der Waals surface area contributed by atoms with Crippen molar-refractivity contribution in [3.05, 3.63) is 40.4 Å². The van der Waals surface area contributed by atoms with Crippen LogP contribution in [-0.2, 0) is 20.9 Å². The number of likely N-dealkylation sites (N-methyl/N-ethyl adjacent to an activating group) is 1. The van der Waals surface area contributed by atoms with E-state index in [1.54, 1.807) is 7.05 Å². The molecule has 13 heteroatoms. The third-order valence-electron chi connectivity index (χ3n) is 6.95. The molecule has 0 aromatic heterocycles. The normalized spacial score (nSPS) is 28.1. The van der Waals surface area contributed by atoms with Crippen LogP contribution in [0.15, 0.2) is 34.9 Å². The fraction of sp³-hybridized carbons (Fsp3) is 0.542. The van der Waals surface area contributed by atoms with Crippen LogP contribution in [0.2, 0.25) is 0 Å². The minimum Gasteiger partial charge on any atom is -0.477 e. The van der Waals surface area contributed by atoms with Gasteiger partial charge in [0.15, 0.2) is 0 Å². The second kappa shape index (κ2) is 10.2. The standard InChI is InChI=1S/C24H28F3N3O6S/c1-11-18-17(12(2)31)22(33)30(18)19(23(34)35)20(11)37-15-8-16(28-9-15)21(32)29(3)10-13-4-6-14(7-5-13)36-24(25,26)27/h4-7,11-12,15-18,28,31H,8-10H2,1-3H3,(H,34,35). The van der Waals surface area contributed by atoms with Crippen molar-refractivity contribution in [1.29, 1.82) is 0 Å². The van der Waals surface area contributed by atoms with Gasteiger partial charge in [-0.1, -0.05) is 19.1 Å². The predicted molar refractivity (Wildman–Crippen MR) is 127 cm³/mol. The molecule has 3 aliphatic heterocycles. The Hall–Kier alpha value is -2.77. The highest BCUT2D eigenvalue weighted by molar-refractivity contribution is 8.03. The number of amides is 2. The largest absolute Gasteiger partial charge is 0.573 e. The fourth-order valence-electron chi connectivity index (χ4n) is 5.25. The van der Waals surface area contributed by atoms with E-state index >= 15 is 0 Å². The maximum atomic E-state index is 13.0. The van der Waals surface area contributed by atoms with Crippen LogP contribution in [0.1, 0.15) is 25.8 Å². The number of nitrogens with one attached hydrogen (secondary N) is 1. The molecule has 3 N–H and O–H groups in total. The van der Waals surface area contributed by atoms with Gasteiger partial charge in [0, 0.05) is 36.2 Å². The highest BCUT2D eigenvalue weighted by Gasteiger charge is 2.60. The Labute approximate surface area is 215 Å². The number of hydrogen-bond donors (Lipinski definition) is 3. The van der Waals surface area contributed by atoms with E-state index in [0.717, 1.165) is 0 Å². The number of nitrogens with zero attached hydrogens (tertiary/aromatic N) is 2. The molecule has 1 aromatic carbocycles. The third-order valence-corrected chi connectivity index (χ3v) is 8.46. The summed E-state index contributed by atoms with van der Waals surface area (Å²) in [5.74, 6) is -3.02. The molecule has 6 unspecified atom stereocenters. The van der Waals surface area contributed by atoms with Crippen LogP contribution in [0.3, 0.4) is 0 Å². The molecule has 0 aliphatic carbocycles. The number of β-lactam (4-membered cyclic amide) rings is 1. The lowest BCUT2D eigenvalue weighted by molar-refractivity contribution is -0.274. The van der Waals surface area contributed by atoms with Crippen LogP contribution < -0.4 is 10.1 Å². The van der Waals surface area contributed by atoms with Crippen molar-refractivity contribution in [2.75, 3.05) is 13.6 Å². The number of benzene rings is 1. The van der Waals surface area contributed by atoms with Gasteiger partial charge in [-0.2, -0.15) is 0 Å². The minimum atomic E-state index is -4.78. The molecule has 4 rings (SSSR count). The first-order valence-corrected chi connectivity index (χ1v) is 12.6. The highest BCUT2D eigenvalue weighted by Crippen LogP contribution is 2.51. The van der Waals surface area contributed by atoms with Gasteiger partial charge in [-0.25, -0.2) is 4.79 Å². The maximum absolute atomic E-state index is 13.0. The van der Waals surface area contributed by atoms with Crippen LogP contribution in [0.25, 0.3) is 0 Å². The number of thioether (sulfide) groups is 1. The first kappa shape index (κ1) is 27.3. The van der Waals surface area contributed by atoms with E-state index in [-0.39, 0.29) is 35.1 Å². The van der Waals surface area contributed by atoms with Crippen LogP contribution in [-0.4, -0.2) is 81.2 Å². The number of carboxylic acid groups (broad SMARTS) is 1. The zero-order valence-electron chi connectivity index (χ0n) is 20.4. The molecule has 202 valence electrons. The summed E-state index contributed by atoms with van der Waals surface area (Å²) in [6, 6.07) is 4.38. The van der Waals surface area contributed by atoms with Crippen LogP contribution in [0, 0.1) is 11.8 Å². The zero-order chi connectivity index (χ0) is 27.2. The molecule has 6 atom stereocenters. The number of aliphatic hydroxyl groups excluding tert-OH is 1. The van der Waals surface area contributed by atoms with E-state index in [0.29, 0.717) is 23.4 Å². The zero-order valence-corrected chi connectivity index (χ0v) is 21.2. The van der Waals surface area contributed by atoms with Crippen molar-refractivity contribution in [3.63, 3.8) is 0 Å². The number of aliphatic carboxylic acids is 1. The molecule has 2 fully saturated rings. The topological polar surface area (TPSA) is 119 Å². The van der Waals surface area contributed by atoms with Crippen molar-refractivity contribution in [1.82, 2.24) is 15.1 Å². The van der Waals surface area contributed by atoms with Gasteiger partial charge in [-0.05, 0) is 31.0 Å². The average molecular weight is 544 g/mol. The molecule has 9 nitrogen and oxygen atoms in total. The monoisotopic (exact) mass is 543 g/mol. The maximum Gasteiger partial charge on any atom is 0.573 e. The van der Waals surface area contributed by atoms with Gasteiger partial charge in [0.2, 0.25) is 11.8 Å². The van der Waals surface area contributed by atoms with E-state index in [9.17, 15) is 37.8 Å². The first-order valence-electron chi connectivity index (χ1n) is 11.8. The number of rotatable bonds is 8. The van der Waals surface area contributed by atoms with Gasteiger partial charge in [0.1, 0.15) is 11.4 Å². The van der Waals surface area contributed by atoms with Gasteiger partial charge in [0.25, 0.3) is 0 Å². The van der Waals surface area contributed by atoms with Gasteiger partial charge in [-0.3, -0.25) is 9.59 Å². The highest BCUT2D eigenvalue weighted by atomic mass is 32.2. The van der Waals surface area contributed by atoms with E-state index in [4.69, 9.17) is 0 Å². The van der Waals surface area contributed by atoms with Crippen molar-refractivity contribution < 1.29 is 42.5 Å². The van der Waals surface area contributed by atoms with E-state index in [2.05, 4.69) is 10.1 Å². The van der Waals surface area contributed by atoms with Crippen molar-refractivity contribution in [3.8, 4) is 5.75 Å². The fourth-order valence-corrected chi connectivity index (χ4v) is 6.73. The number of carbonyl (C=O) groups is 3. The molecular weight excluding hydrogens is 515 g/mol. The van der Waals surface area contributed by atoms with E-state index in [1.165, 1.54) is 52.8 Å². The number of aliphatic hydroxyl groups is 1. The molecule has 0 radical (unpaired) electrons. The number of halogens is 3. The molecule has 0 spiro atoms. The Morgan fingerprint density at radius 1 is 1.30 bits per heavy atom. The number of fused-ring (bicyclic) bond motifs is 1. The molecular formula is C24H28F3N3O6S. The summed E-state index contributed by atoms with van der Waals surface area (Å²) in [5.41, 5.74) is 0.585. The Bertz CT molecular complexity index is 1110. The van der Waals surface area contributed by atoms with E-state index in [1.807, 2.05) is 6.92 Å². The number of ether oxygens (including phenoxy) is 1. The quantitative estimate of drug-likeness (QED) is 0.427. The lowest BCUT2D eigenvalue weighted by atomic mass is 9.79. The van der Waals surface area contributed by atoms with Crippen molar-refractivity contribution in [2.45, 2.75) is 56.6 Å². The molecule has 2 saturated heterocycles. The number of alkyl halides is 3. The molecule has 3 heterocycles. The molecule has 0 bridgehead atoms. The second-order valence-corrected chi connectivity index (χ2v) is 10.9. The summed E-state index contributed by atoms with van der Waals surface area (Å²) >= 11 is 1.35. The summed E-state index contributed by atoms with van der Waals surface area (Å²) in [6.07, 6.45) is -5.22. The molecule has 37 heavy (non-hydrogen) atoms. The minimum absolute atomic E-state index is 0.0470. The Morgan fingerprint density at radius 3 is 2.51 bits per heavy atom. The van der Waals surface area contributed by atoms with Gasteiger partial charge in [0.05, 0.1) is 24.1 Å². The Balaban J connectivity index is 1.36. The Morgan fingerprint density at radius 2 is 1.95 bits per heavy atom. The van der Waals surface area contributed by atoms with Crippen LogP contribution in [0.5, 0.6) is 5.75 Å². The lowest BCUT2D eigenvalue weighted by Gasteiger charge is -2.46. The number of hydrogen-bond acceptors (Lipinski definition) is 7. The third kappa shape index (κ3) is 5.43. The molecule has 0 saturated carbocycles. The molecule has 1 aromatic rings. The van der Waals surface area contributed by atoms with Gasteiger partial charge < -0.3 is 30.1 Å². The predicted octanol–water partition coefficient (Wildman–Crippen LogP) is 2.16. The summed E-state index contributed by atoms with van der Waals surface area (Å²) < 4.78 is 40.9. The first-order chi connectivity index (χ1) is 17.3. The van der Waals surface area contributed by atoms with Crippen LogP contribution in [0.4, 0.5) is 13.2 Å². The SMILES string of the molecule is CC(O)C1C(=O)N2C(C(=O)O)=C(SC3CNC(C(=O)N(C)Cc4ccc(OC(F)(F)F)cc4)C3)C(C)C12. The van der Waals surface area contributed by atoms with Crippen LogP contribution >= 0.6 is 11.8 Å². The summed E-state index contributed by atoms with van der Waals surface area (Å²) in [4.78, 5) is 40.8. The number of carboxylic acids is 1. The summed E-state index contributed by atoms with van der Waals surface area (Å²) in [7, 11) is 1.60. The van der Waals surface area contributed by atoms with Crippen molar-refractivity contribution in [2.24, 2.45) is 11.8 Å². The smallest absolute Gasteiger partial charge is 0.477 e. The summed E-state index contributed by atoms with van der Waals surface area (Å²) in [6.45, 7) is 4.02. The summed E-state index contributed by atoms with van der Waals surface area (Å²) in [5, 5.41) is 22.9. The lowest BCUT2D eigenvalue weighted by Crippen LogP contribution is -2.63. The average Bonchev–Trinajstić information content (AvgIpc) is 3.35. The second-order valence-electron chi connectivity index (χ2n) is 9.59.